The van der Waals surface area contributed by atoms with Gasteiger partial charge in [-0.05, 0) is 42.7 Å². The van der Waals surface area contributed by atoms with Gasteiger partial charge >= 0.3 is 12.0 Å². The molecule has 1 unspecified atom stereocenters. The van der Waals surface area contributed by atoms with Gasteiger partial charge in [-0.3, -0.25) is 9.69 Å². The maximum atomic E-state index is 13.2. The second kappa shape index (κ2) is 11.0. The van der Waals surface area contributed by atoms with Gasteiger partial charge in [0, 0.05) is 30.2 Å². The number of nitrogens with zero attached hydrogens (tertiary/aromatic N) is 2. The van der Waals surface area contributed by atoms with Crippen LogP contribution in [-0.4, -0.2) is 35.1 Å². The van der Waals surface area contributed by atoms with Gasteiger partial charge in [0.2, 0.25) is 0 Å². The summed E-state index contributed by atoms with van der Waals surface area (Å²) < 4.78 is 0. The van der Waals surface area contributed by atoms with Crippen molar-refractivity contribution in [3.05, 3.63) is 65.2 Å². The molecule has 1 aliphatic heterocycles. The normalized spacial score (nSPS) is 16.3. The van der Waals surface area contributed by atoms with Crippen LogP contribution in [0, 0.1) is 0 Å². The molecule has 0 radical (unpaired) electrons. The van der Waals surface area contributed by atoms with Crippen molar-refractivity contribution >= 4 is 29.3 Å². The summed E-state index contributed by atoms with van der Waals surface area (Å²) in [6.45, 7) is 1.41. The molecule has 1 aliphatic rings. The third kappa shape index (κ3) is 5.99. The molecule has 1 N–H and O–H groups in total. The minimum Gasteiger partial charge on any atom is -0.481 e. The van der Waals surface area contributed by atoms with Gasteiger partial charge in [-0.2, -0.15) is 0 Å². The number of urea groups is 1. The van der Waals surface area contributed by atoms with E-state index in [0.717, 1.165) is 56.3 Å². The zero-order chi connectivity index (χ0) is 21.3. The molecule has 6 heteroatoms. The molecule has 30 heavy (non-hydrogen) atoms. The lowest BCUT2D eigenvalue weighted by atomic mass is 10.1. The van der Waals surface area contributed by atoms with Gasteiger partial charge < -0.3 is 10.0 Å². The van der Waals surface area contributed by atoms with Crippen LogP contribution in [0.3, 0.4) is 0 Å². The number of hydrogen-bond donors (Lipinski definition) is 1. The van der Waals surface area contributed by atoms with Crippen LogP contribution in [0.25, 0.3) is 0 Å². The lowest BCUT2D eigenvalue weighted by Gasteiger charge is -2.23. The topological polar surface area (TPSA) is 60.9 Å². The SMILES string of the molecule is O=C(O)CCCCCCCCN1CC(c2ccccc2)N(c2ccc(Cl)cc2)C1=O. The molecule has 2 amide bonds. The summed E-state index contributed by atoms with van der Waals surface area (Å²) in [5.41, 5.74) is 1.99. The molecule has 3 rings (SSSR count). The number of carbonyl (C=O) groups excluding carboxylic acids is 1. The van der Waals surface area contributed by atoms with E-state index in [4.69, 9.17) is 16.7 Å². The molecule has 1 atom stereocenters. The molecule has 0 spiro atoms. The third-order valence-corrected chi connectivity index (χ3v) is 5.79. The Kier molecular flexibility index (Phi) is 8.14. The van der Waals surface area contributed by atoms with Gasteiger partial charge in [-0.15, -0.1) is 0 Å². The van der Waals surface area contributed by atoms with Gasteiger partial charge in [-0.1, -0.05) is 67.6 Å². The molecule has 1 fully saturated rings. The van der Waals surface area contributed by atoms with Crippen LogP contribution < -0.4 is 4.90 Å². The average Bonchev–Trinajstić information content (AvgIpc) is 3.07. The quantitative estimate of drug-likeness (QED) is 0.437. The van der Waals surface area contributed by atoms with Gasteiger partial charge in [0.25, 0.3) is 0 Å². The van der Waals surface area contributed by atoms with E-state index in [2.05, 4.69) is 12.1 Å². The average molecular weight is 429 g/mol. The fourth-order valence-corrected chi connectivity index (χ4v) is 4.07. The highest BCUT2D eigenvalue weighted by Crippen LogP contribution is 2.35. The molecule has 0 aliphatic carbocycles. The molecule has 1 saturated heterocycles. The Labute approximate surface area is 183 Å². The predicted octanol–water partition coefficient (Wildman–Crippen LogP) is 6.14. The van der Waals surface area contributed by atoms with E-state index in [0.29, 0.717) is 11.6 Å². The van der Waals surface area contributed by atoms with E-state index >= 15 is 0 Å². The number of carboxylic acid groups (broad SMARTS) is 1. The fraction of sp³-hybridized carbons (Fsp3) is 0.417. The highest BCUT2D eigenvalue weighted by Gasteiger charge is 2.38. The minimum atomic E-state index is -0.722. The molecule has 0 aromatic heterocycles. The van der Waals surface area contributed by atoms with Crippen LogP contribution >= 0.6 is 11.6 Å². The van der Waals surface area contributed by atoms with Gasteiger partial charge in [0.1, 0.15) is 0 Å². The number of carbonyl (C=O) groups is 2. The van der Waals surface area contributed by atoms with Crippen LogP contribution in [0.5, 0.6) is 0 Å². The maximum Gasteiger partial charge on any atom is 0.325 e. The Hall–Kier alpha value is -2.53. The smallest absolute Gasteiger partial charge is 0.325 e. The Bertz CT molecular complexity index is 826. The van der Waals surface area contributed by atoms with Crippen LogP contribution in [-0.2, 0) is 4.79 Å². The first-order valence-electron chi connectivity index (χ1n) is 10.7. The first-order valence-corrected chi connectivity index (χ1v) is 11.0. The van der Waals surface area contributed by atoms with E-state index in [1.165, 1.54) is 0 Å². The Balaban J connectivity index is 1.56. The number of hydrogen-bond acceptors (Lipinski definition) is 2. The zero-order valence-corrected chi connectivity index (χ0v) is 17.9. The number of halogens is 1. The van der Waals surface area contributed by atoms with Crippen molar-refractivity contribution < 1.29 is 14.7 Å². The lowest BCUT2D eigenvalue weighted by molar-refractivity contribution is -0.137. The predicted molar refractivity (Wildman–Crippen MR) is 120 cm³/mol. The van der Waals surface area contributed by atoms with Crippen molar-refractivity contribution in [1.29, 1.82) is 0 Å². The highest BCUT2D eigenvalue weighted by atomic mass is 35.5. The Morgan fingerprint density at radius 2 is 1.57 bits per heavy atom. The summed E-state index contributed by atoms with van der Waals surface area (Å²) >= 11 is 6.04. The summed E-state index contributed by atoms with van der Waals surface area (Å²) in [5.74, 6) is -0.722. The molecule has 1 heterocycles. The van der Waals surface area contributed by atoms with E-state index in [1.54, 1.807) is 0 Å². The van der Waals surface area contributed by atoms with E-state index in [1.807, 2.05) is 52.3 Å². The van der Waals surface area contributed by atoms with Crippen molar-refractivity contribution in [2.24, 2.45) is 0 Å². The number of benzene rings is 2. The fourth-order valence-electron chi connectivity index (χ4n) is 3.95. The number of aliphatic carboxylic acids is 1. The van der Waals surface area contributed by atoms with Crippen molar-refractivity contribution in [3.63, 3.8) is 0 Å². The van der Waals surface area contributed by atoms with Crippen LogP contribution in [0.4, 0.5) is 10.5 Å². The second-order valence-corrected chi connectivity index (χ2v) is 8.20. The molecular formula is C24H29ClN2O3. The summed E-state index contributed by atoms with van der Waals surface area (Å²) in [5, 5.41) is 9.33. The minimum absolute atomic E-state index is 0.0177. The van der Waals surface area contributed by atoms with Crippen molar-refractivity contribution in [3.8, 4) is 0 Å². The van der Waals surface area contributed by atoms with Crippen molar-refractivity contribution in [1.82, 2.24) is 4.90 Å². The van der Waals surface area contributed by atoms with E-state index < -0.39 is 5.97 Å². The molecular weight excluding hydrogens is 400 g/mol. The molecule has 160 valence electrons. The highest BCUT2D eigenvalue weighted by molar-refractivity contribution is 6.30. The third-order valence-electron chi connectivity index (χ3n) is 5.54. The lowest BCUT2D eigenvalue weighted by Crippen LogP contribution is -2.33. The van der Waals surface area contributed by atoms with Crippen molar-refractivity contribution in [2.75, 3.05) is 18.0 Å². The molecule has 0 bridgehead atoms. The standard InChI is InChI=1S/C24H29ClN2O3/c25-20-13-15-21(16-14-20)27-22(19-10-6-5-7-11-19)18-26(24(27)30)17-9-4-2-1-3-8-12-23(28)29/h5-7,10-11,13-16,22H,1-4,8-9,12,17-18H2,(H,28,29). The number of unbranched alkanes of at least 4 members (excludes halogenated alkanes) is 5. The summed E-state index contributed by atoms with van der Waals surface area (Å²) in [7, 11) is 0. The Morgan fingerprint density at radius 1 is 0.933 bits per heavy atom. The van der Waals surface area contributed by atoms with Crippen molar-refractivity contribution in [2.45, 2.75) is 51.0 Å². The van der Waals surface area contributed by atoms with Gasteiger partial charge in [0.05, 0.1) is 6.04 Å². The van der Waals surface area contributed by atoms with Gasteiger partial charge in [0.15, 0.2) is 0 Å². The number of anilines is 1. The monoisotopic (exact) mass is 428 g/mol. The second-order valence-electron chi connectivity index (χ2n) is 7.77. The zero-order valence-electron chi connectivity index (χ0n) is 17.2. The van der Waals surface area contributed by atoms with E-state index in [9.17, 15) is 9.59 Å². The first-order chi connectivity index (χ1) is 14.6. The number of amides is 2. The van der Waals surface area contributed by atoms with Crippen LogP contribution in [0.2, 0.25) is 5.02 Å². The van der Waals surface area contributed by atoms with Crippen LogP contribution in [0.1, 0.15) is 56.6 Å². The molecule has 2 aromatic carbocycles. The van der Waals surface area contributed by atoms with Gasteiger partial charge in [-0.25, -0.2) is 4.79 Å². The first kappa shape index (κ1) is 22.2. The van der Waals surface area contributed by atoms with E-state index in [-0.39, 0.29) is 18.5 Å². The molecule has 5 nitrogen and oxygen atoms in total. The summed E-state index contributed by atoms with van der Waals surface area (Å²) in [4.78, 5) is 27.6. The summed E-state index contributed by atoms with van der Waals surface area (Å²) in [6.07, 6.45) is 6.08. The Morgan fingerprint density at radius 3 is 2.23 bits per heavy atom. The number of carboxylic acids is 1. The molecule has 0 saturated carbocycles. The summed E-state index contributed by atoms with van der Waals surface area (Å²) in [6, 6.07) is 17.6. The van der Waals surface area contributed by atoms with Crippen LogP contribution in [0.15, 0.2) is 54.6 Å². The number of rotatable bonds is 11. The maximum absolute atomic E-state index is 13.2. The largest absolute Gasteiger partial charge is 0.481 e. The molecule has 2 aromatic rings.